The zero-order valence-electron chi connectivity index (χ0n) is 30.5. The topological polar surface area (TPSA) is 64.5 Å². The Labute approximate surface area is 302 Å². The van der Waals surface area contributed by atoms with Crippen molar-refractivity contribution in [2.45, 2.75) is 64.6 Å². The maximum atomic E-state index is 5.11. The summed E-state index contributed by atoms with van der Waals surface area (Å²) in [6, 6.07) is 26.0. The lowest BCUT2D eigenvalue weighted by Crippen LogP contribution is -2.39. The smallest absolute Gasteiger partial charge is 0.165 e. The Bertz CT molecular complexity index is 2380. The zero-order chi connectivity index (χ0) is 35.7. The Hall–Kier alpha value is -5.33. The van der Waals surface area contributed by atoms with Gasteiger partial charge in [0.25, 0.3) is 0 Å². The third-order valence-electron chi connectivity index (χ3n) is 11.0. The van der Waals surface area contributed by atoms with Crippen LogP contribution in [0.3, 0.4) is 0 Å². The summed E-state index contributed by atoms with van der Waals surface area (Å²) in [6.07, 6.45) is 12.8. The number of hydrogen-bond acceptors (Lipinski definition) is 5. The molecule has 0 fully saturated rings. The van der Waals surface area contributed by atoms with Crippen LogP contribution in [-0.2, 0) is 17.3 Å². The third kappa shape index (κ3) is 5.49. The van der Waals surface area contributed by atoms with Crippen LogP contribution in [-0.4, -0.2) is 33.0 Å². The second-order valence-electron chi connectivity index (χ2n) is 16.0. The van der Waals surface area contributed by atoms with Crippen molar-refractivity contribution in [2.24, 2.45) is 0 Å². The van der Waals surface area contributed by atoms with E-state index in [9.17, 15) is 0 Å². The molecule has 5 nitrogen and oxygen atoms in total. The summed E-state index contributed by atoms with van der Waals surface area (Å²) in [6.45, 7) is 21.4. The molecule has 6 aromatic rings. The molecule has 252 valence electrons. The van der Waals surface area contributed by atoms with Gasteiger partial charge in [-0.05, 0) is 86.5 Å². The van der Waals surface area contributed by atoms with Crippen molar-refractivity contribution in [2.75, 3.05) is 0 Å². The highest BCUT2D eigenvalue weighted by atomic mass is 28.3. The highest BCUT2D eigenvalue weighted by Gasteiger charge is 2.41. The SMILES string of the molecule is C=C1C=C2/C(=C\Cc3ccc([Si](C)(C)C)cc3C1(C)C)C(C)(C)c1cc(-c3nc(-c4cccnc4)nc(-c4cccnc4)n3)c3ccccc3c12. The number of pyridine rings is 2. The number of benzene rings is 3. The maximum absolute atomic E-state index is 5.11. The molecule has 0 saturated carbocycles. The molecule has 3 aromatic heterocycles. The van der Waals surface area contributed by atoms with Crippen LogP contribution in [0.1, 0.15) is 49.9 Å². The first kappa shape index (κ1) is 32.8. The average Bonchev–Trinajstić information content (AvgIpc) is 3.36. The van der Waals surface area contributed by atoms with Crippen LogP contribution >= 0.6 is 0 Å². The molecule has 3 aromatic carbocycles. The van der Waals surface area contributed by atoms with Gasteiger partial charge in [0.15, 0.2) is 17.5 Å². The number of allylic oxidation sites excluding steroid dienone is 5. The Morgan fingerprint density at radius 2 is 1.29 bits per heavy atom. The van der Waals surface area contributed by atoms with Crippen LogP contribution in [0.4, 0.5) is 0 Å². The van der Waals surface area contributed by atoms with Crippen LogP contribution in [0.25, 0.3) is 50.5 Å². The molecule has 0 atom stereocenters. The lowest BCUT2D eigenvalue weighted by Gasteiger charge is -2.31. The van der Waals surface area contributed by atoms with Gasteiger partial charge >= 0.3 is 0 Å². The first-order valence-electron chi connectivity index (χ1n) is 17.7. The molecule has 8 rings (SSSR count). The number of nitrogens with zero attached hydrogens (tertiary/aromatic N) is 5. The van der Waals surface area contributed by atoms with Crippen LogP contribution in [0.2, 0.25) is 19.6 Å². The fourth-order valence-electron chi connectivity index (χ4n) is 7.76. The van der Waals surface area contributed by atoms with Crippen LogP contribution in [0.15, 0.2) is 127 Å². The third-order valence-corrected chi connectivity index (χ3v) is 13.0. The summed E-state index contributed by atoms with van der Waals surface area (Å²) in [5.74, 6) is 1.78. The van der Waals surface area contributed by atoms with Gasteiger partial charge < -0.3 is 0 Å². The Kier molecular flexibility index (Phi) is 7.65. The van der Waals surface area contributed by atoms with Gasteiger partial charge in [-0.1, -0.05) is 114 Å². The number of aromatic nitrogens is 5. The molecule has 2 aliphatic carbocycles. The Morgan fingerprint density at radius 3 is 1.90 bits per heavy atom. The van der Waals surface area contributed by atoms with E-state index in [0.717, 1.165) is 34.1 Å². The second-order valence-corrected chi connectivity index (χ2v) is 21.0. The van der Waals surface area contributed by atoms with Crippen LogP contribution < -0.4 is 5.19 Å². The van der Waals surface area contributed by atoms with E-state index in [4.69, 9.17) is 21.5 Å². The summed E-state index contributed by atoms with van der Waals surface area (Å²) in [7, 11) is -1.50. The molecule has 0 bridgehead atoms. The molecule has 0 spiro atoms. The molecule has 3 heterocycles. The molecular weight excluding hydrogens is 639 g/mol. The molecule has 51 heavy (non-hydrogen) atoms. The van der Waals surface area contributed by atoms with Crippen molar-refractivity contribution in [3.63, 3.8) is 0 Å². The Morgan fingerprint density at radius 1 is 0.667 bits per heavy atom. The van der Waals surface area contributed by atoms with E-state index in [1.54, 1.807) is 24.8 Å². The van der Waals surface area contributed by atoms with Crippen molar-refractivity contribution < 1.29 is 0 Å². The van der Waals surface area contributed by atoms with Gasteiger partial charge in [0.2, 0.25) is 0 Å². The van der Waals surface area contributed by atoms with Gasteiger partial charge in [-0.15, -0.1) is 0 Å². The second kappa shape index (κ2) is 11.9. The monoisotopic (exact) mass is 681 g/mol. The highest BCUT2D eigenvalue weighted by molar-refractivity contribution is 6.88. The minimum atomic E-state index is -1.50. The van der Waals surface area contributed by atoms with E-state index in [-0.39, 0.29) is 10.8 Å². The quantitative estimate of drug-likeness (QED) is 0.173. The van der Waals surface area contributed by atoms with Gasteiger partial charge in [0, 0.05) is 52.3 Å². The fraction of sp³-hybridized carbons (Fsp3) is 0.222. The van der Waals surface area contributed by atoms with Gasteiger partial charge in [-0.25, -0.2) is 15.0 Å². The largest absolute Gasteiger partial charge is 0.264 e. The summed E-state index contributed by atoms with van der Waals surface area (Å²) in [5.41, 5.74) is 11.1. The predicted octanol–water partition coefficient (Wildman–Crippen LogP) is 10.1. The summed E-state index contributed by atoms with van der Waals surface area (Å²) in [5, 5.41) is 3.77. The van der Waals surface area contributed by atoms with E-state index in [1.807, 2.05) is 24.3 Å². The first-order valence-corrected chi connectivity index (χ1v) is 21.2. The molecule has 0 aliphatic heterocycles. The van der Waals surface area contributed by atoms with Crippen LogP contribution in [0.5, 0.6) is 0 Å². The van der Waals surface area contributed by atoms with Gasteiger partial charge in [-0.2, -0.15) is 0 Å². The maximum Gasteiger partial charge on any atom is 0.165 e. The van der Waals surface area contributed by atoms with Crippen molar-refractivity contribution >= 4 is 29.6 Å². The van der Waals surface area contributed by atoms with Crippen LogP contribution in [0, 0.1) is 0 Å². The first-order chi connectivity index (χ1) is 24.3. The fourth-order valence-corrected chi connectivity index (χ4v) is 8.92. The molecule has 2 aliphatic rings. The van der Waals surface area contributed by atoms with Gasteiger partial charge in [-0.3, -0.25) is 9.97 Å². The van der Waals surface area contributed by atoms with E-state index in [1.165, 1.54) is 44.0 Å². The van der Waals surface area contributed by atoms with Crippen molar-refractivity contribution in [1.29, 1.82) is 0 Å². The van der Waals surface area contributed by atoms with Crippen molar-refractivity contribution in [1.82, 2.24) is 24.9 Å². The van der Waals surface area contributed by atoms with E-state index in [2.05, 4.69) is 118 Å². The molecule has 0 saturated heterocycles. The lowest BCUT2D eigenvalue weighted by atomic mass is 9.75. The van der Waals surface area contributed by atoms with E-state index in [0.29, 0.717) is 17.5 Å². The van der Waals surface area contributed by atoms with Gasteiger partial charge in [0.05, 0.1) is 8.07 Å². The lowest BCUT2D eigenvalue weighted by molar-refractivity contribution is 0.636. The van der Waals surface area contributed by atoms with E-state index >= 15 is 0 Å². The van der Waals surface area contributed by atoms with Crippen molar-refractivity contribution in [3.8, 4) is 34.2 Å². The highest BCUT2D eigenvalue weighted by Crippen LogP contribution is 2.55. The molecule has 0 unspecified atom stereocenters. The minimum absolute atomic E-state index is 0.236. The summed E-state index contributed by atoms with van der Waals surface area (Å²) >= 11 is 0. The molecule has 0 amide bonds. The molecule has 0 radical (unpaired) electrons. The molecule has 6 heteroatoms. The summed E-state index contributed by atoms with van der Waals surface area (Å²) in [4.78, 5) is 23.8. The number of fused-ring (bicyclic) bond motifs is 6. The van der Waals surface area contributed by atoms with Crippen molar-refractivity contribution in [3.05, 3.63) is 150 Å². The molecule has 0 N–H and O–H groups in total. The predicted molar refractivity (Wildman–Crippen MR) is 214 cm³/mol. The standard InChI is InChI=1S/C45H43N5Si/c1-28-23-36-37(20-18-29-17-19-32(51(6,7)8)24-38(29)44(28,2)3)45(4,5)39-25-35(33-15-9-10-16-34(33)40(36)39)43-49-41(30-13-11-21-46-26-30)48-42(50-43)31-14-12-22-47-27-31/h9-17,19-27H,1,18H2,2-8H3/b36-23?,37-20+. The zero-order valence-corrected chi connectivity index (χ0v) is 31.5. The Balaban J connectivity index is 1.37. The van der Waals surface area contributed by atoms with Gasteiger partial charge in [0.1, 0.15) is 0 Å². The van der Waals surface area contributed by atoms with E-state index < -0.39 is 8.07 Å². The molecular formula is C45H43N5Si. The number of rotatable bonds is 4. The summed E-state index contributed by atoms with van der Waals surface area (Å²) < 4.78 is 0. The number of hydrogen-bond donors (Lipinski definition) is 0. The normalized spacial score (nSPS) is 17.3. The average molecular weight is 682 g/mol. The minimum Gasteiger partial charge on any atom is -0.264 e.